The molecular formula is C32H28N2O2+2. The summed E-state index contributed by atoms with van der Waals surface area (Å²) in [6, 6.07) is 28.9. The number of allylic oxidation sites excluding steroid dienone is 1. The van der Waals surface area contributed by atoms with Gasteiger partial charge in [0.25, 0.3) is 0 Å². The quantitative estimate of drug-likeness (QED) is 0.187. The van der Waals surface area contributed by atoms with Gasteiger partial charge in [-0.15, -0.1) is 0 Å². The van der Waals surface area contributed by atoms with Crippen LogP contribution in [0.3, 0.4) is 0 Å². The molecule has 1 aliphatic rings. The highest BCUT2D eigenvalue weighted by molar-refractivity contribution is 5.85. The topological polar surface area (TPSA) is 38.0 Å². The summed E-state index contributed by atoms with van der Waals surface area (Å²) in [6.45, 7) is 4.21. The first-order valence-electron chi connectivity index (χ1n) is 12.4. The van der Waals surface area contributed by atoms with Crippen molar-refractivity contribution in [2.45, 2.75) is 24.8 Å². The Kier molecular flexibility index (Phi) is 5.57. The molecule has 5 aromatic rings. The predicted molar refractivity (Wildman–Crippen MR) is 141 cm³/mol. The van der Waals surface area contributed by atoms with Crippen molar-refractivity contribution >= 4 is 11.0 Å². The zero-order valence-corrected chi connectivity index (χ0v) is 20.3. The fourth-order valence-electron chi connectivity index (χ4n) is 5.80. The first-order chi connectivity index (χ1) is 17.7. The summed E-state index contributed by atoms with van der Waals surface area (Å²) in [7, 11) is 1.96. The lowest BCUT2D eigenvalue weighted by Crippen LogP contribution is -2.46. The number of rotatable bonds is 5. The zero-order chi connectivity index (χ0) is 24.6. The number of para-hydroxylation sites is 1. The highest BCUT2D eigenvalue weighted by Gasteiger charge is 2.38. The molecule has 0 aliphatic carbocycles. The van der Waals surface area contributed by atoms with Crippen LogP contribution in [0.5, 0.6) is 0 Å². The lowest BCUT2D eigenvalue weighted by Gasteiger charge is -2.29. The van der Waals surface area contributed by atoms with Gasteiger partial charge in [0.05, 0.1) is 5.92 Å². The first kappa shape index (κ1) is 22.2. The van der Waals surface area contributed by atoms with Crippen molar-refractivity contribution < 1.29 is 13.6 Å². The smallest absolute Gasteiger partial charge is 0.350 e. The third-order valence-corrected chi connectivity index (χ3v) is 7.44. The molecule has 0 fully saturated rings. The first-order valence-corrected chi connectivity index (χ1v) is 12.4. The Morgan fingerprint density at radius 2 is 1.61 bits per heavy atom. The Labute approximate surface area is 210 Å². The van der Waals surface area contributed by atoms with E-state index in [-0.39, 0.29) is 17.6 Å². The molecule has 0 saturated heterocycles. The van der Waals surface area contributed by atoms with Crippen LogP contribution in [0.15, 0.2) is 119 Å². The highest BCUT2D eigenvalue weighted by Crippen LogP contribution is 2.41. The Morgan fingerprint density at radius 3 is 2.44 bits per heavy atom. The van der Waals surface area contributed by atoms with Gasteiger partial charge in [-0.25, -0.2) is 9.36 Å². The van der Waals surface area contributed by atoms with Crippen molar-refractivity contribution in [2.24, 2.45) is 7.05 Å². The largest absolute Gasteiger partial charge is 0.422 e. The number of aryl methyl sites for hydroxylation is 2. The molecule has 176 valence electrons. The van der Waals surface area contributed by atoms with Crippen molar-refractivity contribution in [3.05, 3.63) is 132 Å². The van der Waals surface area contributed by atoms with Crippen LogP contribution >= 0.6 is 0 Å². The van der Waals surface area contributed by atoms with Gasteiger partial charge < -0.3 is 4.42 Å². The number of nitrogens with zero attached hydrogens (tertiary/aromatic N) is 2. The predicted octanol–water partition coefficient (Wildman–Crippen LogP) is 5.70. The molecule has 4 heterocycles. The third kappa shape index (κ3) is 3.57. The van der Waals surface area contributed by atoms with E-state index in [1.165, 1.54) is 16.8 Å². The molecule has 3 aromatic heterocycles. The average molecular weight is 473 g/mol. The van der Waals surface area contributed by atoms with E-state index in [2.05, 4.69) is 71.9 Å². The van der Waals surface area contributed by atoms with Crippen LogP contribution in [0.2, 0.25) is 0 Å². The van der Waals surface area contributed by atoms with E-state index in [0.29, 0.717) is 11.1 Å². The summed E-state index contributed by atoms with van der Waals surface area (Å²) < 4.78 is 10.1. The second-order valence-electron chi connectivity index (χ2n) is 9.39. The van der Waals surface area contributed by atoms with Gasteiger partial charge in [-0.2, -0.15) is 4.57 Å². The van der Waals surface area contributed by atoms with Crippen LogP contribution in [0.1, 0.15) is 29.5 Å². The lowest BCUT2D eigenvalue weighted by atomic mass is 9.79. The summed E-state index contributed by atoms with van der Waals surface area (Å²) in [4.78, 5) is 13.3. The third-order valence-electron chi connectivity index (χ3n) is 7.44. The number of hydrogen-bond acceptors (Lipinski definition) is 2. The van der Waals surface area contributed by atoms with Crippen molar-refractivity contribution in [1.82, 2.24) is 0 Å². The summed E-state index contributed by atoms with van der Waals surface area (Å²) >= 11 is 0. The van der Waals surface area contributed by atoms with Gasteiger partial charge in [0, 0.05) is 35.2 Å². The SMILES string of the molecule is C=CC1C(CCc2c(-c3cccc[n+]3C)c(=O)oc3ccccc23)c2ccccc2-c2cccc[n+]21. The van der Waals surface area contributed by atoms with Gasteiger partial charge in [-0.1, -0.05) is 43.0 Å². The highest BCUT2D eigenvalue weighted by atomic mass is 16.4. The maximum Gasteiger partial charge on any atom is 0.350 e. The van der Waals surface area contributed by atoms with E-state index in [0.717, 1.165) is 29.5 Å². The van der Waals surface area contributed by atoms with Crippen molar-refractivity contribution in [1.29, 1.82) is 0 Å². The minimum atomic E-state index is -0.297. The van der Waals surface area contributed by atoms with E-state index in [9.17, 15) is 4.79 Å². The van der Waals surface area contributed by atoms with E-state index >= 15 is 0 Å². The minimum absolute atomic E-state index is 0.124. The van der Waals surface area contributed by atoms with E-state index < -0.39 is 0 Å². The summed E-state index contributed by atoms with van der Waals surface area (Å²) in [5.41, 5.74) is 6.66. The number of pyridine rings is 2. The summed E-state index contributed by atoms with van der Waals surface area (Å²) in [5.74, 6) is 0.224. The molecule has 36 heavy (non-hydrogen) atoms. The monoisotopic (exact) mass is 472 g/mol. The molecule has 4 nitrogen and oxygen atoms in total. The Balaban J connectivity index is 1.50. The maximum absolute atomic E-state index is 13.3. The average Bonchev–Trinajstić information content (AvgIpc) is 2.92. The van der Waals surface area contributed by atoms with Gasteiger partial charge >= 0.3 is 5.63 Å². The Bertz CT molecular complexity index is 1670. The molecule has 6 rings (SSSR count). The van der Waals surface area contributed by atoms with Crippen LogP contribution in [0.4, 0.5) is 0 Å². The molecule has 2 atom stereocenters. The fraction of sp³-hybridized carbons (Fsp3) is 0.156. The van der Waals surface area contributed by atoms with Gasteiger partial charge in [-0.05, 0) is 54.3 Å². The molecule has 0 amide bonds. The molecule has 0 bridgehead atoms. The molecule has 4 heteroatoms. The molecular weight excluding hydrogens is 444 g/mol. The molecule has 0 spiro atoms. The van der Waals surface area contributed by atoms with Crippen LogP contribution < -0.4 is 14.8 Å². The lowest BCUT2D eigenvalue weighted by molar-refractivity contribution is -0.707. The maximum atomic E-state index is 13.3. The number of hydrogen-bond donors (Lipinski definition) is 0. The van der Waals surface area contributed by atoms with Gasteiger partial charge in [0.15, 0.2) is 18.4 Å². The second-order valence-corrected chi connectivity index (χ2v) is 9.39. The molecule has 2 aromatic carbocycles. The molecule has 0 N–H and O–H groups in total. The van der Waals surface area contributed by atoms with E-state index in [4.69, 9.17) is 4.42 Å². The van der Waals surface area contributed by atoms with Crippen LogP contribution in [0.25, 0.3) is 33.5 Å². The van der Waals surface area contributed by atoms with Crippen molar-refractivity contribution in [3.63, 3.8) is 0 Å². The van der Waals surface area contributed by atoms with E-state index in [1.54, 1.807) is 0 Å². The summed E-state index contributed by atoms with van der Waals surface area (Å²) in [5, 5.41) is 0.989. The van der Waals surface area contributed by atoms with Crippen LogP contribution in [-0.2, 0) is 13.5 Å². The van der Waals surface area contributed by atoms with Crippen LogP contribution in [-0.4, -0.2) is 0 Å². The molecule has 1 aliphatic heterocycles. The van der Waals surface area contributed by atoms with E-state index in [1.807, 2.05) is 54.2 Å². The summed E-state index contributed by atoms with van der Waals surface area (Å²) in [6.07, 6.45) is 7.77. The number of fused-ring (bicyclic) bond motifs is 4. The second kappa shape index (κ2) is 9.04. The van der Waals surface area contributed by atoms with Gasteiger partial charge in [0.2, 0.25) is 11.4 Å². The number of aromatic nitrogens is 2. The van der Waals surface area contributed by atoms with Crippen molar-refractivity contribution in [2.75, 3.05) is 0 Å². The van der Waals surface area contributed by atoms with Crippen molar-refractivity contribution in [3.8, 4) is 22.5 Å². The number of benzene rings is 2. The van der Waals surface area contributed by atoms with Gasteiger partial charge in [0.1, 0.15) is 18.2 Å². The molecule has 0 radical (unpaired) electrons. The minimum Gasteiger partial charge on any atom is -0.422 e. The molecule has 0 saturated carbocycles. The Hall–Kier alpha value is -4.31. The van der Waals surface area contributed by atoms with Crippen LogP contribution in [0, 0.1) is 0 Å². The normalized spacial score (nSPS) is 16.4. The molecule has 2 unspecified atom stereocenters. The fourth-order valence-corrected chi connectivity index (χ4v) is 5.80. The standard InChI is InChI=1S/C32H28N2O2/c1-3-27-24(22-12-4-5-13-23(22)28-15-9-11-21-34(27)28)18-19-26-25-14-6-7-17-30(25)36-32(35)31(26)29-16-8-10-20-33(29)2/h3-17,20-21,24,27H,1,18-19H2,2H3/q+2. The van der Waals surface area contributed by atoms with Gasteiger partial charge in [-0.3, -0.25) is 0 Å². The Morgan fingerprint density at radius 1 is 0.889 bits per heavy atom. The zero-order valence-electron chi connectivity index (χ0n) is 20.3.